The molecule has 0 spiro atoms. The van der Waals surface area contributed by atoms with Crippen molar-refractivity contribution in [2.24, 2.45) is 0 Å². The average molecular weight is 397 g/mol. The molecule has 0 saturated heterocycles. The van der Waals surface area contributed by atoms with Crippen LogP contribution in [0.25, 0.3) is 0 Å². The monoisotopic (exact) mass is 396 g/mol. The van der Waals surface area contributed by atoms with Crippen molar-refractivity contribution in [3.8, 4) is 5.75 Å². The Morgan fingerprint density at radius 1 is 1.07 bits per heavy atom. The number of amides is 1. The number of carbonyl (C=O) groups excluding carboxylic acids is 1. The fraction of sp³-hybridized carbons (Fsp3) is 0.190. The summed E-state index contributed by atoms with van der Waals surface area (Å²) in [7, 11) is 0. The van der Waals surface area contributed by atoms with Gasteiger partial charge in [0, 0.05) is 11.8 Å². The van der Waals surface area contributed by atoms with Gasteiger partial charge < -0.3 is 15.4 Å². The Hall–Kier alpha value is -3.12. The van der Waals surface area contributed by atoms with Crippen LogP contribution in [0, 0.1) is 6.92 Å². The first-order valence-electron chi connectivity index (χ1n) is 8.86. The Morgan fingerprint density at radius 3 is 2.46 bits per heavy atom. The fourth-order valence-corrected chi connectivity index (χ4v) is 2.72. The number of anilines is 3. The molecule has 144 valence electrons. The van der Waals surface area contributed by atoms with Crippen LogP contribution in [-0.4, -0.2) is 22.0 Å². The molecule has 0 fully saturated rings. The number of hydrogen-bond donors (Lipinski definition) is 2. The second-order valence-corrected chi connectivity index (χ2v) is 6.84. The van der Waals surface area contributed by atoms with Gasteiger partial charge >= 0.3 is 0 Å². The van der Waals surface area contributed by atoms with E-state index in [1.807, 2.05) is 44.2 Å². The van der Waals surface area contributed by atoms with E-state index in [0.717, 1.165) is 5.75 Å². The van der Waals surface area contributed by atoms with Gasteiger partial charge in [0.25, 0.3) is 5.91 Å². The normalized spacial score (nSPS) is 10.6. The molecule has 1 aromatic heterocycles. The Bertz CT molecular complexity index is 974. The highest BCUT2D eigenvalue weighted by Gasteiger charge is 2.12. The summed E-state index contributed by atoms with van der Waals surface area (Å²) < 4.78 is 5.60. The highest BCUT2D eigenvalue weighted by Crippen LogP contribution is 2.24. The van der Waals surface area contributed by atoms with Gasteiger partial charge in [0.1, 0.15) is 23.1 Å². The third kappa shape index (κ3) is 5.20. The highest BCUT2D eigenvalue weighted by atomic mass is 35.5. The maximum Gasteiger partial charge on any atom is 0.274 e. The molecule has 0 aliphatic rings. The predicted molar refractivity (Wildman–Crippen MR) is 112 cm³/mol. The van der Waals surface area contributed by atoms with Crippen LogP contribution in [0.2, 0.25) is 5.02 Å². The van der Waals surface area contributed by atoms with Gasteiger partial charge in [-0.15, -0.1) is 0 Å². The van der Waals surface area contributed by atoms with E-state index >= 15 is 0 Å². The Labute approximate surface area is 168 Å². The lowest BCUT2D eigenvalue weighted by atomic mass is 10.2. The predicted octanol–water partition coefficient (Wildman–Crippen LogP) is 5.22. The molecule has 0 atom stereocenters. The number of benzene rings is 2. The SMILES string of the molecule is Cc1nc(Nc2ccccc2Cl)cc(C(=O)Nc2ccc(OC(C)C)cc2)n1. The minimum absolute atomic E-state index is 0.0912. The molecule has 3 aromatic rings. The zero-order valence-electron chi connectivity index (χ0n) is 15.9. The Balaban J connectivity index is 1.75. The fourth-order valence-electron chi connectivity index (χ4n) is 2.53. The molecule has 1 heterocycles. The maximum absolute atomic E-state index is 12.6. The number of nitrogens with one attached hydrogen (secondary N) is 2. The first-order valence-corrected chi connectivity index (χ1v) is 9.24. The average Bonchev–Trinajstić information content (AvgIpc) is 2.64. The third-order valence-corrected chi connectivity index (χ3v) is 4.02. The molecule has 0 aliphatic heterocycles. The van der Waals surface area contributed by atoms with E-state index in [-0.39, 0.29) is 17.7 Å². The summed E-state index contributed by atoms with van der Waals surface area (Å²) in [5.74, 6) is 1.39. The molecule has 3 rings (SSSR count). The standard InChI is InChI=1S/C21H21ClN4O2/c1-13(2)28-16-10-8-15(9-11-16)25-21(27)19-12-20(24-14(3)23-19)26-18-7-5-4-6-17(18)22/h4-13H,1-3H3,(H,25,27)(H,23,24,26). The number of rotatable bonds is 6. The summed E-state index contributed by atoms with van der Waals surface area (Å²) in [6.45, 7) is 5.65. The van der Waals surface area contributed by atoms with Crippen molar-refractivity contribution < 1.29 is 9.53 Å². The van der Waals surface area contributed by atoms with Gasteiger partial charge in [-0.05, 0) is 57.2 Å². The van der Waals surface area contributed by atoms with Crippen LogP contribution in [0.5, 0.6) is 5.75 Å². The smallest absolute Gasteiger partial charge is 0.274 e. The van der Waals surface area contributed by atoms with Crippen LogP contribution >= 0.6 is 11.6 Å². The molecule has 0 bridgehead atoms. The number of para-hydroxylation sites is 1. The summed E-state index contributed by atoms with van der Waals surface area (Å²) in [6, 6.07) is 16.1. The maximum atomic E-state index is 12.6. The summed E-state index contributed by atoms with van der Waals surface area (Å²) in [4.78, 5) is 21.2. The number of nitrogens with zero attached hydrogens (tertiary/aromatic N) is 2. The van der Waals surface area contributed by atoms with E-state index < -0.39 is 0 Å². The second kappa shape index (κ2) is 8.71. The van der Waals surface area contributed by atoms with Gasteiger partial charge in [-0.3, -0.25) is 4.79 Å². The lowest BCUT2D eigenvalue weighted by molar-refractivity contribution is 0.102. The number of halogens is 1. The number of carbonyl (C=O) groups is 1. The van der Waals surface area contributed by atoms with Crippen LogP contribution in [0.1, 0.15) is 30.2 Å². The Kier molecular flexibility index (Phi) is 6.11. The van der Waals surface area contributed by atoms with Crippen LogP contribution in [0.4, 0.5) is 17.2 Å². The van der Waals surface area contributed by atoms with Crippen LogP contribution in [-0.2, 0) is 0 Å². The first kappa shape index (κ1) is 19.6. The molecule has 6 nitrogen and oxygen atoms in total. The van der Waals surface area contributed by atoms with Crippen molar-refractivity contribution in [1.82, 2.24) is 9.97 Å². The van der Waals surface area contributed by atoms with Gasteiger partial charge in [0.05, 0.1) is 16.8 Å². The molecule has 0 saturated carbocycles. The van der Waals surface area contributed by atoms with Gasteiger partial charge in [0.2, 0.25) is 0 Å². The second-order valence-electron chi connectivity index (χ2n) is 6.44. The number of aromatic nitrogens is 2. The van der Waals surface area contributed by atoms with Crippen LogP contribution in [0.15, 0.2) is 54.6 Å². The Morgan fingerprint density at radius 2 is 1.79 bits per heavy atom. The van der Waals surface area contributed by atoms with Crippen molar-refractivity contribution in [2.45, 2.75) is 26.9 Å². The number of hydrogen-bond acceptors (Lipinski definition) is 5. The minimum Gasteiger partial charge on any atom is -0.491 e. The summed E-state index contributed by atoms with van der Waals surface area (Å²) in [6.07, 6.45) is 0.0912. The van der Waals surface area contributed by atoms with Crippen LogP contribution < -0.4 is 15.4 Å². The quantitative estimate of drug-likeness (QED) is 0.597. The molecule has 0 aliphatic carbocycles. The summed E-state index contributed by atoms with van der Waals surface area (Å²) >= 11 is 6.17. The topological polar surface area (TPSA) is 76.1 Å². The first-order chi connectivity index (χ1) is 13.4. The molecule has 2 N–H and O–H groups in total. The van der Waals surface area contributed by atoms with E-state index in [4.69, 9.17) is 16.3 Å². The summed E-state index contributed by atoms with van der Waals surface area (Å²) in [5.41, 5.74) is 1.61. The molecule has 7 heteroatoms. The van der Waals surface area contributed by atoms with Crippen molar-refractivity contribution in [3.63, 3.8) is 0 Å². The van der Waals surface area contributed by atoms with Gasteiger partial charge in [-0.1, -0.05) is 23.7 Å². The number of aryl methyl sites for hydroxylation is 1. The van der Waals surface area contributed by atoms with Crippen molar-refractivity contribution in [1.29, 1.82) is 0 Å². The molecule has 2 aromatic carbocycles. The van der Waals surface area contributed by atoms with Crippen LogP contribution in [0.3, 0.4) is 0 Å². The van der Waals surface area contributed by atoms with Crippen molar-refractivity contribution >= 4 is 34.7 Å². The molecule has 28 heavy (non-hydrogen) atoms. The molecular formula is C21H21ClN4O2. The third-order valence-electron chi connectivity index (χ3n) is 3.69. The zero-order valence-corrected chi connectivity index (χ0v) is 16.6. The van der Waals surface area contributed by atoms with Gasteiger partial charge in [-0.25, -0.2) is 9.97 Å². The minimum atomic E-state index is -0.328. The highest BCUT2D eigenvalue weighted by molar-refractivity contribution is 6.33. The lowest BCUT2D eigenvalue weighted by Gasteiger charge is -2.11. The largest absolute Gasteiger partial charge is 0.491 e. The van der Waals surface area contributed by atoms with Crippen molar-refractivity contribution in [3.05, 3.63) is 71.1 Å². The van der Waals surface area contributed by atoms with E-state index in [1.54, 1.807) is 31.2 Å². The molecule has 0 unspecified atom stereocenters. The summed E-state index contributed by atoms with van der Waals surface area (Å²) in [5, 5.41) is 6.51. The van der Waals surface area contributed by atoms with E-state index in [1.165, 1.54) is 0 Å². The van der Waals surface area contributed by atoms with Gasteiger partial charge in [0.15, 0.2) is 0 Å². The molecular weight excluding hydrogens is 376 g/mol. The van der Waals surface area contributed by atoms with E-state index in [9.17, 15) is 4.79 Å². The molecule has 1 amide bonds. The van der Waals surface area contributed by atoms with E-state index in [0.29, 0.717) is 28.0 Å². The molecule has 0 radical (unpaired) electrons. The van der Waals surface area contributed by atoms with Gasteiger partial charge in [-0.2, -0.15) is 0 Å². The zero-order chi connectivity index (χ0) is 20.1. The van der Waals surface area contributed by atoms with E-state index in [2.05, 4.69) is 20.6 Å². The van der Waals surface area contributed by atoms with Crippen molar-refractivity contribution in [2.75, 3.05) is 10.6 Å². The lowest BCUT2D eigenvalue weighted by Crippen LogP contribution is -2.15. The number of ether oxygens (including phenoxy) is 1.